The van der Waals surface area contributed by atoms with Crippen molar-refractivity contribution in [2.75, 3.05) is 18.5 Å². The second-order valence-electron chi connectivity index (χ2n) is 5.51. The highest BCUT2D eigenvalue weighted by Gasteiger charge is 2.37. The van der Waals surface area contributed by atoms with E-state index in [1.807, 2.05) is 30.3 Å². The van der Waals surface area contributed by atoms with E-state index in [1.165, 1.54) is 6.07 Å². The van der Waals surface area contributed by atoms with Crippen molar-refractivity contribution in [1.82, 2.24) is 19.8 Å². The molecule has 1 aromatic carbocycles. The van der Waals surface area contributed by atoms with Gasteiger partial charge in [0.2, 0.25) is 0 Å². The molecule has 0 saturated carbocycles. The molecule has 3 aromatic rings. The largest absolute Gasteiger partial charge is 0.453 e. The number of hydrogen-bond acceptors (Lipinski definition) is 5. The molecule has 0 saturated heterocycles. The standard InChI is InChI=1S/C16H16F3N5O/c17-16(18,19)15-22-21-14-7-6-13(23-24(14)15)20-10-12(8-9-25)11-4-2-1-3-5-11/h1-7,12,25H,8-10H2,(H,20,23). The van der Waals surface area contributed by atoms with Crippen molar-refractivity contribution in [2.24, 2.45) is 0 Å². The maximum Gasteiger partial charge on any atom is 0.453 e. The Hall–Kier alpha value is -2.68. The predicted molar refractivity (Wildman–Crippen MR) is 85.2 cm³/mol. The zero-order valence-corrected chi connectivity index (χ0v) is 13.1. The molecule has 2 N–H and O–H groups in total. The van der Waals surface area contributed by atoms with Gasteiger partial charge in [0.1, 0.15) is 5.82 Å². The summed E-state index contributed by atoms with van der Waals surface area (Å²) in [6, 6.07) is 12.5. The lowest BCUT2D eigenvalue weighted by atomic mass is 9.96. The van der Waals surface area contributed by atoms with Crippen molar-refractivity contribution in [3.63, 3.8) is 0 Å². The first-order chi connectivity index (χ1) is 12.0. The number of halogens is 3. The molecule has 1 unspecified atom stereocenters. The van der Waals surface area contributed by atoms with Crippen LogP contribution in [0.1, 0.15) is 23.7 Å². The van der Waals surface area contributed by atoms with E-state index in [2.05, 4.69) is 20.6 Å². The molecule has 1 atom stereocenters. The number of fused-ring (bicyclic) bond motifs is 1. The lowest BCUT2D eigenvalue weighted by molar-refractivity contribution is -0.146. The van der Waals surface area contributed by atoms with E-state index in [1.54, 1.807) is 6.07 Å². The van der Waals surface area contributed by atoms with Crippen LogP contribution in [0.25, 0.3) is 5.65 Å². The molecule has 0 aliphatic rings. The van der Waals surface area contributed by atoms with Gasteiger partial charge in [-0.3, -0.25) is 0 Å². The molecule has 0 spiro atoms. The molecule has 2 heterocycles. The van der Waals surface area contributed by atoms with E-state index >= 15 is 0 Å². The van der Waals surface area contributed by atoms with Crippen LogP contribution in [0.5, 0.6) is 0 Å². The molecule has 6 nitrogen and oxygen atoms in total. The van der Waals surface area contributed by atoms with Crippen LogP contribution in [0.4, 0.5) is 19.0 Å². The van der Waals surface area contributed by atoms with E-state index in [-0.39, 0.29) is 24.0 Å². The molecule has 9 heteroatoms. The van der Waals surface area contributed by atoms with Gasteiger partial charge in [-0.25, -0.2) is 0 Å². The third-order valence-corrected chi connectivity index (χ3v) is 3.79. The lowest BCUT2D eigenvalue weighted by Crippen LogP contribution is -2.17. The summed E-state index contributed by atoms with van der Waals surface area (Å²) in [5.41, 5.74) is 1.05. The molecule has 0 radical (unpaired) electrons. The van der Waals surface area contributed by atoms with Gasteiger partial charge in [0.25, 0.3) is 5.82 Å². The van der Waals surface area contributed by atoms with Gasteiger partial charge in [-0.1, -0.05) is 30.3 Å². The van der Waals surface area contributed by atoms with Crippen LogP contribution in [-0.2, 0) is 6.18 Å². The smallest absolute Gasteiger partial charge is 0.396 e. The van der Waals surface area contributed by atoms with Crippen LogP contribution < -0.4 is 5.32 Å². The Kier molecular flexibility index (Phi) is 4.84. The molecule has 132 valence electrons. The molecule has 3 rings (SSSR count). The summed E-state index contributed by atoms with van der Waals surface area (Å²) in [4.78, 5) is 0. The van der Waals surface area contributed by atoms with Crippen molar-refractivity contribution >= 4 is 11.5 Å². The molecule has 25 heavy (non-hydrogen) atoms. The number of nitrogens with one attached hydrogen (secondary N) is 1. The number of hydrogen-bond donors (Lipinski definition) is 2. The van der Waals surface area contributed by atoms with Crippen molar-refractivity contribution in [3.05, 3.63) is 53.9 Å². The quantitative estimate of drug-likeness (QED) is 0.714. The minimum atomic E-state index is -4.63. The third-order valence-electron chi connectivity index (χ3n) is 3.79. The highest BCUT2D eigenvalue weighted by Crippen LogP contribution is 2.27. The summed E-state index contributed by atoms with van der Waals surface area (Å²) in [5.74, 6) is -0.885. The fourth-order valence-corrected chi connectivity index (χ4v) is 2.56. The van der Waals surface area contributed by atoms with Gasteiger partial charge in [0.15, 0.2) is 5.65 Å². The fourth-order valence-electron chi connectivity index (χ4n) is 2.56. The molecular weight excluding hydrogens is 335 g/mol. The van der Waals surface area contributed by atoms with Crippen molar-refractivity contribution < 1.29 is 18.3 Å². The Bertz CT molecular complexity index is 835. The van der Waals surface area contributed by atoms with Crippen molar-refractivity contribution in [2.45, 2.75) is 18.5 Å². The number of nitrogens with zero attached hydrogens (tertiary/aromatic N) is 4. The first-order valence-electron chi connectivity index (χ1n) is 7.68. The van der Waals surface area contributed by atoms with E-state index in [4.69, 9.17) is 0 Å². The summed E-state index contributed by atoms with van der Waals surface area (Å²) < 4.78 is 39.4. The van der Waals surface area contributed by atoms with Crippen LogP contribution in [-0.4, -0.2) is 38.1 Å². The number of anilines is 1. The Balaban J connectivity index is 1.80. The maximum atomic E-state index is 12.9. The summed E-state index contributed by atoms with van der Waals surface area (Å²) in [6.07, 6.45) is -4.10. The first kappa shape index (κ1) is 17.2. The van der Waals surface area contributed by atoms with Crippen LogP contribution >= 0.6 is 0 Å². The van der Waals surface area contributed by atoms with E-state index in [0.717, 1.165) is 5.56 Å². The number of rotatable bonds is 6. The maximum absolute atomic E-state index is 12.9. The summed E-state index contributed by atoms with van der Waals surface area (Å²) >= 11 is 0. The number of aliphatic hydroxyl groups excluding tert-OH is 1. The van der Waals surface area contributed by atoms with Crippen LogP contribution in [0.2, 0.25) is 0 Å². The molecule has 0 aliphatic heterocycles. The van der Waals surface area contributed by atoms with Crippen LogP contribution in [0.3, 0.4) is 0 Å². The number of aromatic nitrogens is 4. The number of aliphatic hydroxyl groups is 1. The Morgan fingerprint density at radius 3 is 2.52 bits per heavy atom. The molecule has 0 bridgehead atoms. The molecular formula is C16H16F3N5O. The van der Waals surface area contributed by atoms with Crippen LogP contribution in [0.15, 0.2) is 42.5 Å². The number of benzene rings is 1. The monoisotopic (exact) mass is 351 g/mol. The minimum absolute atomic E-state index is 0.00620. The highest BCUT2D eigenvalue weighted by molar-refractivity contribution is 5.44. The Labute approximate surface area is 141 Å². The second-order valence-corrected chi connectivity index (χ2v) is 5.51. The van der Waals surface area contributed by atoms with Gasteiger partial charge in [-0.2, -0.15) is 17.7 Å². The van der Waals surface area contributed by atoms with Gasteiger partial charge in [-0.05, 0) is 24.1 Å². The van der Waals surface area contributed by atoms with Gasteiger partial charge in [0, 0.05) is 19.1 Å². The van der Waals surface area contributed by atoms with Gasteiger partial charge < -0.3 is 10.4 Å². The van der Waals surface area contributed by atoms with Gasteiger partial charge in [-0.15, -0.1) is 15.3 Å². The van der Waals surface area contributed by atoms with E-state index in [9.17, 15) is 18.3 Å². The second kappa shape index (κ2) is 7.06. The minimum Gasteiger partial charge on any atom is -0.396 e. The molecule has 0 amide bonds. The zero-order chi connectivity index (χ0) is 17.9. The fraction of sp³-hybridized carbons (Fsp3) is 0.312. The number of alkyl halides is 3. The zero-order valence-electron chi connectivity index (χ0n) is 13.1. The summed E-state index contributed by atoms with van der Waals surface area (Å²) in [6.45, 7) is 0.434. The first-order valence-corrected chi connectivity index (χ1v) is 7.68. The normalized spacial score (nSPS) is 13.1. The van der Waals surface area contributed by atoms with E-state index in [0.29, 0.717) is 17.5 Å². The van der Waals surface area contributed by atoms with Crippen LogP contribution in [0, 0.1) is 0 Å². The molecule has 0 fully saturated rings. The third kappa shape index (κ3) is 3.87. The van der Waals surface area contributed by atoms with Crippen molar-refractivity contribution in [1.29, 1.82) is 0 Å². The molecule has 2 aromatic heterocycles. The Morgan fingerprint density at radius 1 is 1.08 bits per heavy atom. The van der Waals surface area contributed by atoms with Gasteiger partial charge >= 0.3 is 6.18 Å². The van der Waals surface area contributed by atoms with E-state index < -0.39 is 12.0 Å². The summed E-state index contributed by atoms with van der Waals surface area (Å²) in [7, 11) is 0. The molecule has 0 aliphatic carbocycles. The SMILES string of the molecule is OCCC(CNc1ccc2nnc(C(F)(F)F)n2n1)c1ccccc1. The highest BCUT2D eigenvalue weighted by atomic mass is 19.4. The van der Waals surface area contributed by atoms with Gasteiger partial charge in [0.05, 0.1) is 0 Å². The summed E-state index contributed by atoms with van der Waals surface area (Å²) in [5, 5.41) is 22.8. The topological polar surface area (TPSA) is 75.3 Å². The Morgan fingerprint density at radius 2 is 1.84 bits per heavy atom. The lowest BCUT2D eigenvalue weighted by Gasteiger charge is -2.17. The average molecular weight is 351 g/mol. The average Bonchev–Trinajstić information content (AvgIpc) is 3.03. The van der Waals surface area contributed by atoms with Crippen molar-refractivity contribution in [3.8, 4) is 0 Å². The predicted octanol–water partition coefficient (Wildman–Crippen LogP) is 2.72.